The van der Waals surface area contributed by atoms with Gasteiger partial charge in [0.05, 0.1) is 14.2 Å². The number of methoxy groups -OCH3 is 2. The smallest absolute Gasteiger partial charge is 0.185 e. The zero-order chi connectivity index (χ0) is 16.7. The van der Waals surface area contributed by atoms with Crippen LogP contribution in [0, 0.1) is 0 Å². The lowest BCUT2D eigenvalue weighted by molar-refractivity contribution is 0.104. The van der Waals surface area contributed by atoms with Crippen LogP contribution in [0.3, 0.4) is 0 Å². The van der Waals surface area contributed by atoms with E-state index < -0.39 is 0 Å². The first-order valence-electron chi connectivity index (χ1n) is 7.47. The minimum atomic E-state index is -0.0605. The molecule has 2 aromatic rings. The molecule has 0 aliphatic carbocycles. The van der Waals surface area contributed by atoms with Crippen LogP contribution < -0.4 is 14.8 Å². The van der Waals surface area contributed by atoms with Crippen LogP contribution in [0.15, 0.2) is 48.5 Å². The molecule has 0 fully saturated rings. The topological polar surface area (TPSA) is 47.6 Å². The summed E-state index contributed by atoms with van der Waals surface area (Å²) >= 11 is 0. The van der Waals surface area contributed by atoms with E-state index in [4.69, 9.17) is 9.47 Å². The predicted molar refractivity (Wildman–Crippen MR) is 93.5 cm³/mol. The highest BCUT2D eigenvalue weighted by Gasteiger charge is 2.08. The van der Waals surface area contributed by atoms with Gasteiger partial charge in [-0.3, -0.25) is 4.79 Å². The molecule has 0 aliphatic rings. The molecule has 1 N–H and O–H groups in total. The zero-order valence-electron chi connectivity index (χ0n) is 13.6. The second-order valence-electron chi connectivity index (χ2n) is 4.89. The van der Waals surface area contributed by atoms with Gasteiger partial charge in [0.25, 0.3) is 0 Å². The largest absolute Gasteiger partial charge is 0.493 e. The Morgan fingerprint density at radius 1 is 1.13 bits per heavy atom. The summed E-state index contributed by atoms with van der Waals surface area (Å²) in [7, 11) is 3.17. The van der Waals surface area contributed by atoms with Gasteiger partial charge in [-0.05, 0) is 37.3 Å². The molecule has 0 heterocycles. The van der Waals surface area contributed by atoms with Gasteiger partial charge in [0.2, 0.25) is 0 Å². The fourth-order valence-corrected chi connectivity index (χ4v) is 2.29. The lowest BCUT2D eigenvalue weighted by atomic mass is 10.1. The van der Waals surface area contributed by atoms with E-state index in [1.165, 1.54) is 0 Å². The third kappa shape index (κ3) is 4.13. The molecule has 0 saturated heterocycles. The Kier molecular flexibility index (Phi) is 5.80. The zero-order valence-corrected chi connectivity index (χ0v) is 13.6. The summed E-state index contributed by atoms with van der Waals surface area (Å²) in [6.45, 7) is 2.83. The molecule has 0 bridgehead atoms. The van der Waals surface area contributed by atoms with Crippen LogP contribution in [-0.4, -0.2) is 26.5 Å². The molecule has 0 unspecified atom stereocenters. The molecule has 0 radical (unpaired) electrons. The first-order chi connectivity index (χ1) is 11.2. The number of ether oxygens (including phenoxy) is 2. The van der Waals surface area contributed by atoms with Crippen molar-refractivity contribution in [1.82, 2.24) is 0 Å². The maximum atomic E-state index is 12.3. The van der Waals surface area contributed by atoms with Crippen LogP contribution in [0.2, 0.25) is 0 Å². The summed E-state index contributed by atoms with van der Waals surface area (Å²) in [5.74, 6) is 1.19. The van der Waals surface area contributed by atoms with Crippen molar-refractivity contribution in [2.75, 3.05) is 26.1 Å². The van der Waals surface area contributed by atoms with E-state index >= 15 is 0 Å². The molecule has 4 nitrogen and oxygen atoms in total. The Balaban J connectivity index is 2.23. The number of allylic oxidation sites excluding steroid dienone is 1. The molecule has 2 rings (SSSR count). The van der Waals surface area contributed by atoms with Gasteiger partial charge in [0.15, 0.2) is 17.3 Å². The molecule has 0 aliphatic heterocycles. The number of hydrogen-bond donors (Lipinski definition) is 1. The molecule has 2 aromatic carbocycles. The molecule has 0 spiro atoms. The number of rotatable bonds is 7. The lowest BCUT2D eigenvalue weighted by Crippen LogP contribution is -1.99. The van der Waals surface area contributed by atoms with Gasteiger partial charge in [-0.25, -0.2) is 0 Å². The molecule has 0 atom stereocenters. The van der Waals surface area contributed by atoms with Crippen LogP contribution in [0.5, 0.6) is 11.5 Å². The Morgan fingerprint density at radius 3 is 2.61 bits per heavy atom. The molecule has 0 amide bonds. The van der Waals surface area contributed by atoms with E-state index in [0.717, 1.165) is 17.8 Å². The van der Waals surface area contributed by atoms with Crippen molar-refractivity contribution in [1.29, 1.82) is 0 Å². The van der Waals surface area contributed by atoms with Crippen molar-refractivity contribution in [3.8, 4) is 11.5 Å². The summed E-state index contributed by atoms with van der Waals surface area (Å²) in [6, 6.07) is 13.0. The van der Waals surface area contributed by atoms with E-state index in [0.29, 0.717) is 17.1 Å². The highest BCUT2D eigenvalue weighted by Crippen LogP contribution is 2.31. The normalized spacial score (nSPS) is 10.6. The average molecular weight is 311 g/mol. The maximum Gasteiger partial charge on any atom is 0.185 e. The first kappa shape index (κ1) is 16.6. The number of para-hydroxylation sites is 1. The Bertz CT molecular complexity index is 708. The number of anilines is 1. The second-order valence-corrected chi connectivity index (χ2v) is 4.89. The SMILES string of the molecule is CCNc1cccc(C(=O)/C=C/c2cccc(OC)c2OC)c1. The second kappa shape index (κ2) is 8.03. The minimum absolute atomic E-state index is 0.0605. The summed E-state index contributed by atoms with van der Waals surface area (Å²) in [5, 5.41) is 3.20. The van der Waals surface area contributed by atoms with Crippen molar-refractivity contribution >= 4 is 17.5 Å². The molecule has 0 aromatic heterocycles. The number of carbonyl (C=O) groups is 1. The van der Waals surface area contributed by atoms with Crippen LogP contribution in [0.4, 0.5) is 5.69 Å². The van der Waals surface area contributed by atoms with Crippen LogP contribution in [-0.2, 0) is 0 Å². The fraction of sp³-hybridized carbons (Fsp3) is 0.211. The van der Waals surface area contributed by atoms with Gasteiger partial charge >= 0.3 is 0 Å². The highest BCUT2D eigenvalue weighted by molar-refractivity contribution is 6.07. The third-order valence-corrected chi connectivity index (χ3v) is 3.38. The van der Waals surface area contributed by atoms with Crippen molar-refractivity contribution in [2.45, 2.75) is 6.92 Å². The van der Waals surface area contributed by atoms with Gasteiger partial charge in [0, 0.05) is 23.4 Å². The van der Waals surface area contributed by atoms with Crippen molar-refractivity contribution in [2.24, 2.45) is 0 Å². The average Bonchev–Trinajstić information content (AvgIpc) is 2.59. The van der Waals surface area contributed by atoms with Crippen molar-refractivity contribution in [3.05, 3.63) is 59.7 Å². The maximum absolute atomic E-state index is 12.3. The van der Waals surface area contributed by atoms with E-state index in [9.17, 15) is 4.79 Å². The lowest BCUT2D eigenvalue weighted by Gasteiger charge is -2.09. The summed E-state index contributed by atoms with van der Waals surface area (Å²) in [4.78, 5) is 12.3. The van der Waals surface area contributed by atoms with Gasteiger partial charge in [-0.1, -0.05) is 24.3 Å². The number of ketones is 1. The fourth-order valence-electron chi connectivity index (χ4n) is 2.29. The molecular weight excluding hydrogens is 290 g/mol. The van der Waals surface area contributed by atoms with E-state index in [1.54, 1.807) is 32.4 Å². The van der Waals surface area contributed by atoms with Gasteiger partial charge in [0.1, 0.15) is 0 Å². The van der Waals surface area contributed by atoms with Crippen molar-refractivity contribution < 1.29 is 14.3 Å². The third-order valence-electron chi connectivity index (χ3n) is 3.38. The molecule has 4 heteroatoms. The molecular formula is C19H21NO3. The van der Waals surface area contributed by atoms with E-state index in [2.05, 4.69) is 5.32 Å². The minimum Gasteiger partial charge on any atom is -0.493 e. The standard InChI is InChI=1S/C19H21NO3/c1-4-20-16-9-5-8-15(13-16)17(21)12-11-14-7-6-10-18(22-2)19(14)23-3/h5-13,20H,4H2,1-3H3/b12-11+. The number of nitrogens with one attached hydrogen (secondary N) is 1. The molecule has 0 saturated carbocycles. The highest BCUT2D eigenvalue weighted by atomic mass is 16.5. The number of benzene rings is 2. The summed E-state index contributed by atoms with van der Waals surface area (Å²) in [6.07, 6.45) is 3.28. The molecule has 120 valence electrons. The van der Waals surface area contributed by atoms with Gasteiger partial charge < -0.3 is 14.8 Å². The summed E-state index contributed by atoms with van der Waals surface area (Å²) in [5.41, 5.74) is 2.37. The van der Waals surface area contributed by atoms with E-state index in [1.807, 2.05) is 43.3 Å². The van der Waals surface area contributed by atoms with Gasteiger partial charge in [-0.2, -0.15) is 0 Å². The Hall–Kier alpha value is -2.75. The van der Waals surface area contributed by atoms with Crippen LogP contribution in [0.1, 0.15) is 22.8 Å². The Labute approximate surface area is 136 Å². The van der Waals surface area contributed by atoms with Crippen LogP contribution >= 0.6 is 0 Å². The number of carbonyl (C=O) groups excluding carboxylic acids is 1. The predicted octanol–water partition coefficient (Wildman–Crippen LogP) is 4.03. The number of hydrogen-bond acceptors (Lipinski definition) is 4. The van der Waals surface area contributed by atoms with Gasteiger partial charge in [-0.15, -0.1) is 0 Å². The Morgan fingerprint density at radius 2 is 1.91 bits per heavy atom. The van der Waals surface area contributed by atoms with Crippen molar-refractivity contribution in [3.63, 3.8) is 0 Å². The monoisotopic (exact) mass is 311 g/mol. The van der Waals surface area contributed by atoms with E-state index in [-0.39, 0.29) is 5.78 Å². The van der Waals surface area contributed by atoms with Crippen LogP contribution in [0.25, 0.3) is 6.08 Å². The quantitative estimate of drug-likeness (QED) is 0.619. The summed E-state index contributed by atoms with van der Waals surface area (Å²) < 4.78 is 10.6. The first-order valence-corrected chi connectivity index (χ1v) is 7.47. The molecule has 23 heavy (non-hydrogen) atoms.